The fraction of sp³-hybridized carbons (Fsp3) is 0.136. The molecule has 0 amide bonds. The molecular weight excluding hydrogens is 374 g/mol. The van der Waals surface area contributed by atoms with Crippen molar-refractivity contribution in [2.24, 2.45) is 4.99 Å². The van der Waals surface area contributed by atoms with Crippen LogP contribution in [0, 0.1) is 23.0 Å². The molecule has 0 saturated carbocycles. The predicted octanol–water partition coefficient (Wildman–Crippen LogP) is 3.75. The van der Waals surface area contributed by atoms with Crippen LogP contribution in [-0.2, 0) is 4.79 Å². The Labute approximate surface area is 166 Å². The molecule has 0 N–H and O–H groups in total. The molecule has 29 heavy (non-hydrogen) atoms. The minimum absolute atomic E-state index is 0.175. The van der Waals surface area contributed by atoms with E-state index in [1.165, 1.54) is 18.2 Å². The van der Waals surface area contributed by atoms with Crippen LogP contribution in [0.3, 0.4) is 0 Å². The lowest BCUT2D eigenvalue weighted by atomic mass is 10.0. The number of carbonyl (C=O) groups is 1. The summed E-state index contributed by atoms with van der Waals surface area (Å²) >= 11 is 0. The first-order valence-corrected chi connectivity index (χ1v) is 8.90. The summed E-state index contributed by atoms with van der Waals surface area (Å²) in [4.78, 5) is 17.2. The number of hydrogen-bond acceptors (Lipinski definition) is 5. The number of amidine groups is 1. The van der Waals surface area contributed by atoms with Gasteiger partial charge in [-0.05, 0) is 42.3 Å². The summed E-state index contributed by atoms with van der Waals surface area (Å²) in [6, 6.07) is 12.3. The largest absolute Gasteiger partial charge is 0.286 e. The number of halogens is 2. The maximum atomic E-state index is 14.6. The molecule has 2 aliphatic heterocycles. The Kier molecular flexibility index (Phi) is 4.47. The third-order valence-electron chi connectivity index (χ3n) is 4.92. The first-order chi connectivity index (χ1) is 13.9. The zero-order valence-corrected chi connectivity index (χ0v) is 15.8. The third-order valence-corrected chi connectivity index (χ3v) is 4.92. The smallest absolute Gasteiger partial charge is 0.224 e. The number of ketones is 1. The molecule has 0 saturated heterocycles. The molecule has 0 radical (unpaired) electrons. The van der Waals surface area contributed by atoms with Crippen molar-refractivity contribution < 1.29 is 13.6 Å². The van der Waals surface area contributed by atoms with E-state index in [1.807, 2.05) is 0 Å². The van der Waals surface area contributed by atoms with Gasteiger partial charge >= 0.3 is 0 Å². The number of benzene rings is 2. The Bertz CT molecular complexity index is 1160. The Hall–Kier alpha value is -3.79. The maximum absolute atomic E-state index is 14.6. The highest BCUT2D eigenvalue weighted by Gasteiger charge is 2.36. The molecule has 0 aliphatic carbocycles. The van der Waals surface area contributed by atoms with Crippen molar-refractivity contribution in [1.82, 2.24) is 10.0 Å². The van der Waals surface area contributed by atoms with Crippen LogP contribution < -0.4 is 0 Å². The van der Waals surface area contributed by atoms with Crippen molar-refractivity contribution in [1.29, 1.82) is 5.26 Å². The number of nitriles is 1. The van der Waals surface area contributed by atoms with Crippen LogP contribution in [0.2, 0.25) is 0 Å². The molecule has 2 heterocycles. The Morgan fingerprint density at radius 1 is 1.14 bits per heavy atom. The summed E-state index contributed by atoms with van der Waals surface area (Å²) in [6.45, 7) is 2.05. The topological polar surface area (TPSA) is 59.7 Å². The Balaban J connectivity index is 1.83. The highest BCUT2D eigenvalue weighted by Crippen LogP contribution is 2.36. The molecule has 5 nitrogen and oxygen atoms in total. The van der Waals surface area contributed by atoms with Gasteiger partial charge in [-0.3, -0.25) is 14.8 Å². The fourth-order valence-corrected chi connectivity index (χ4v) is 3.50. The van der Waals surface area contributed by atoms with E-state index in [4.69, 9.17) is 5.26 Å². The summed E-state index contributed by atoms with van der Waals surface area (Å²) < 4.78 is 28.0. The van der Waals surface area contributed by atoms with Crippen molar-refractivity contribution in [3.05, 3.63) is 82.4 Å². The summed E-state index contributed by atoms with van der Waals surface area (Å²) in [5.74, 6) is -1.52. The predicted molar refractivity (Wildman–Crippen MR) is 105 cm³/mol. The van der Waals surface area contributed by atoms with Crippen LogP contribution in [0.15, 0.2) is 59.1 Å². The van der Waals surface area contributed by atoms with Gasteiger partial charge in [0.05, 0.1) is 29.6 Å². The minimum Gasteiger partial charge on any atom is -0.286 e. The second-order valence-corrected chi connectivity index (χ2v) is 6.81. The number of rotatable bonds is 2. The summed E-state index contributed by atoms with van der Waals surface area (Å²) in [6.07, 6.45) is 1.47. The number of aliphatic imine (C=N–C) groups is 1. The molecular formula is C22H16F2N4O. The van der Waals surface area contributed by atoms with Crippen LogP contribution >= 0.6 is 0 Å². The Morgan fingerprint density at radius 3 is 2.52 bits per heavy atom. The third kappa shape index (κ3) is 3.09. The van der Waals surface area contributed by atoms with E-state index in [0.717, 1.165) is 17.2 Å². The van der Waals surface area contributed by atoms with Gasteiger partial charge in [-0.1, -0.05) is 12.1 Å². The quantitative estimate of drug-likeness (QED) is 0.784. The normalized spacial score (nSPS) is 16.3. The summed E-state index contributed by atoms with van der Waals surface area (Å²) in [5.41, 5.74) is 3.21. The van der Waals surface area contributed by atoms with Gasteiger partial charge in [0.25, 0.3) is 0 Å². The molecule has 0 unspecified atom stereocenters. The first kappa shape index (κ1) is 18.6. The van der Waals surface area contributed by atoms with Crippen LogP contribution in [0.5, 0.6) is 0 Å². The van der Waals surface area contributed by atoms with Gasteiger partial charge in [0.2, 0.25) is 5.78 Å². The monoisotopic (exact) mass is 390 g/mol. The number of fused-ring (bicyclic) bond motifs is 1. The van der Waals surface area contributed by atoms with Crippen molar-refractivity contribution in [3.8, 4) is 6.07 Å². The van der Waals surface area contributed by atoms with Gasteiger partial charge in [0, 0.05) is 24.8 Å². The van der Waals surface area contributed by atoms with Gasteiger partial charge in [-0.25, -0.2) is 13.8 Å². The number of nitrogens with zero attached hydrogens (tertiary/aromatic N) is 4. The SMILES string of the molecule is CC1=C(c2ccc(F)cc2F)N2C(=NC1)C(=O)C=C(c1ccc(C#N)cc1)N2C. The molecule has 2 aromatic carbocycles. The lowest BCUT2D eigenvalue weighted by Gasteiger charge is -2.43. The second-order valence-electron chi connectivity index (χ2n) is 6.81. The number of hydrazine groups is 1. The molecule has 0 atom stereocenters. The van der Waals surface area contributed by atoms with Gasteiger partial charge in [0.15, 0.2) is 5.84 Å². The molecule has 4 rings (SSSR count). The summed E-state index contributed by atoms with van der Waals surface area (Å²) in [5, 5.41) is 12.3. The molecule has 2 aliphatic rings. The van der Waals surface area contributed by atoms with Crippen molar-refractivity contribution in [2.75, 3.05) is 13.6 Å². The lowest BCUT2D eigenvalue weighted by molar-refractivity contribution is -0.110. The van der Waals surface area contributed by atoms with Crippen LogP contribution in [-0.4, -0.2) is 35.2 Å². The number of hydrogen-bond donors (Lipinski definition) is 0. The van der Waals surface area contributed by atoms with Crippen molar-refractivity contribution >= 4 is 23.0 Å². The zero-order chi connectivity index (χ0) is 20.7. The van der Waals surface area contributed by atoms with Crippen molar-refractivity contribution in [2.45, 2.75) is 6.92 Å². The van der Waals surface area contributed by atoms with E-state index in [9.17, 15) is 13.6 Å². The molecule has 2 aromatic rings. The van der Waals surface area contributed by atoms with E-state index < -0.39 is 11.6 Å². The highest BCUT2D eigenvalue weighted by molar-refractivity contribution is 6.46. The van der Waals surface area contributed by atoms with Gasteiger partial charge in [-0.2, -0.15) is 5.26 Å². The maximum Gasteiger partial charge on any atom is 0.224 e. The second kappa shape index (κ2) is 6.99. The van der Waals surface area contributed by atoms with E-state index in [1.54, 1.807) is 48.3 Å². The molecule has 0 aromatic heterocycles. The van der Waals surface area contributed by atoms with Gasteiger partial charge < -0.3 is 0 Å². The highest BCUT2D eigenvalue weighted by atomic mass is 19.1. The van der Waals surface area contributed by atoms with E-state index in [-0.39, 0.29) is 23.7 Å². The number of carbonyl (C=O) groups excluding carboxylic acids is 1. The fourth-order valence-electron chi connectivity index (χ4n) is 3.50. The lowest BCUT2D eigenvalue weighted by Crippen LogP contribution is -2.50. The van der Waals surface area contributed by atoms with Gasteiger partial charge in [0.1, 0.15) is 11.6 Å². The summed E-state index contributed by atoms with van der Waals surface area (Å²) in [7, 11) is 1.74. The Morgan fingerprint density at radius 2 is 1.86 bits per heavy atom. The van der Waals surface area contributed by atoms with Crippen LogP contribution in [0.4, 0.5) is 8.78 Å². The molecule has 0 spiro atoms. The molecule has 144 valence electrons. The first-order valence-electron chi connectivity index (χ1n) is 8.90. The van der Waals surface area contributed by atoms with Crippen LogP contribution in [0.1, 0.15) is 23.6 Å². The van der Waals surface area contributed by atoms with E-state index in [2.05, 4.69) is 11.1 Å². The molecule has 7 heteroatoms. The molecule has 0 fully saturated rings. The van der Waals surface area contributed by atoms with Gasteiger partial charge in [-0.15, -0.1) is 0 Å². The zero-order valence-electron chi connectivity index (χ0n) is 15.8. The van der Waals surface area contributed by atoms with E-state index >= 15 is 0 Å². The average Bonchev–Trinajstić information content (AvgIpc) is 2.71. The average molecular weight is 390 g/mol. The standard InChI is InChI=1S/C22H16F2N4O/c1-13-12-26-22-20(29)10-19(15-5-3-14(11-25)4-6-15)27(2)28(22)21(13)17-8-7-16(23)9-18(17)24/h3-10H,12H2,1-2H3. The molecule has 0 bridgehead atoms. The van der Waals surface area contributed by atoms with Crippen molar-refractivity contribution in [3.63, 3.8) is 0 Å². The minimum atomic E-state index is -0.712. The van der Waals surface area contributed by atoms with Crippen LogP contribution in [0.25, 0.3) is 11.4 Å². The van der Waals surface area contributed by atoms with E-state index in [0.29, 0.717) is 17.0 Å².